The number of rotatable bonds is 5. The average Bonchev–Trinajstić information content (AvgIpc) is 3.39. The number of benzene rings is 1. The number of aliphatic hydroxyl groups is 1. The van der Waals surface area contributed by atoms with Crippen molar-refractivity contribution in [3.63, 3.8) is 0 Å². The van der Waals surface area contributed by atoms with Gasteiger partial charge in [0.15, 0.2) is 11.5 Å². The molecule has 4 aromatic rings. The van der Waals surface area contributed by atoms with Crippen molar-refractivity contribution in [2.45, 2.75) is 38.3 Å². The van der Waals surface area contributed by atoms with Crippen LogP contribution in [0.5, 0.6) is 0 Å². The van der Waals surface area contributed by atoms with E-state index in [4.69, 9.17) is 10.7 Å². The molecule has 1 aliphatic carbocycles. The molecule has 0 amide bonds. The summed E-state index contributed by atoms with van der Waals surface area (Å²) in [4.78, 5) is 13.5. The molecule has 0 aliphatic heterocycles. The van der Waals surface area contributed by atoms with Crippen molar-refractivity contribution in [1.29, 1.82) is 0 Å². The fourth-order valence-electron chi connectivity index (χ4n) is 3.61. The Morgan fingerprint density at radius 3 is 2.67 bits per heavy atom. The highest BCUT2D eigenvalue weighted by molar-refractivity contribution is 5.89. The third-order valence-electron chi connectivity index (χ3n) is 5.55. The number of hydrogen-bond acceptors (Lipinski definition) is 6. The molecule has 30 heavy (non-hydrogen) atoms. The fraction of sp³-hybridized carbons (Fsp3) is 0.273. The van der Waals surface area contributed by atoms with Crippen LogP contribution in [-0.2, 0) is 18.6 Å². The Morgan fingerprint density at radius 2 is 1.97 bits per heavy atom. The van der Waals surface area contributed by atoms with Crippen LogP contribution in [0.15, 0.2) is 42.6 Å². The standard InChI is InChI=1S/C22H21FN6O/c1-2-14-7-8-15-18(20-25-11-16(19(24)27-20)22(30)9-10-22)28-29(21(15)26-14)12-13-5-3-4-6-17(13)23/h3-8,11,30H,2,9-10,12H2,1H3,(H2,24,25,27). The number of anilines is 1. The molecule has 152 valence electrons. The molecular weight excluding hydrogens is 383 g/mol. The van der Waals surface area contributed by atoms with Gasteiger partial charge in [0.05, 0.1) is 17.5 Å². The molecule has 5 rings (SSSR count). The highest BCUT2D eigenvalue weighted by atomic mass is 19.1. The van der Waals surface area contributed by atoms with E-state index in [1.165, 1.54) is 6.07 Å². The maximum Gasteiger partial charge on any atom is 0.182 e. The van der Waals surface area contributed by atoms with Crippen molar-refractivity contribution in [3.8, 4) is 11.5 Å². The van der Waals surface area contributed by atoms with Crippen LogP contribution in [0.2, 0.25) is 0 Å². The van der Waals surface area contributed by atoms with Crippen molar-refractivity contribution in [2.75, 3.05) is 5.73 Å². The van der Waals surface area contributed by atoms with E-state index in [2.05, 4.69) is 15.1 Å². The molecular formula is C22H21FN6O. The number of nitrogen functional groups attached to an aromatic ring is 1. The maximum absolute atomic E-state index is 14.2. The van der Waals surface area contributed by atoms with Gasteiger partial charge in [0.2, 0.25) is 0 Å². The predicted molar refractivity (Wildman–Crippen MR) is 111 cm³/mol. The summed E-state index contributed by atoms with van der Waals surface area (Å²) >= 11 is 0. The van der Waals surface area contributed by atoms with E-state index >= 15 is 0 Å². The smallest absolute Gasteiger partial charge is 0.182 e. The second kappa shape index (κ2) is 6.84. The third kappa shape index (κ3) is 3.09. The van der Waals surface area contributed by atoms with Gasteiger partial charge >= 0.3 is 0 Å². The minimum absolute atomic E-state index is 0.233. The van der Waals surface area contributed by atoms with Crippen LogP contribution in [-0.4, -0.2) is 29.8 Å². The maximum atomic E-state index is 14.2. The molecule has 1 fully saturated rings. The molecule has 8 heteroatoms. The first-order chi connectivity index (χ1) is 14.5. The van der Waals surface area contributed by atoms with E-state index in [1.54, 1.807) is 29.1 Å². The lowest BCUT2D eigenvalue weighted by Crippen LogP contribution is -2.11. The first kappa shape index (κ1) is 18.6. The van der Waals surface area contributed by atoms with Crippen molar-refractivity contribution in [3.05, 3.63) is 65.2 Å². The molecule has 1 saturated carbocycles. The highest BCUT2D eigenvalue weighted by Gasteiger charge is 2.44. The SMILES string of the molecule is CCc1ccc2c(-c3ncc(C4(O)CC4)c(N)n3)nn(Cc3ccccc3F)c2n1. The molecule has 0 bridgehead atoms. The number of pyridine rings is 1. The molecule has 0 spiro atoms. The molecule has 0 radical (unpaired) electrons. The van der Waals surface area contributed by atoms with E-state index in [0.717, 1.165) is 17.5 Å². The van der Waals surface area contributed by atoms with Crippen molar-refractivity contribution in [2.24, 2.45) is 0 Å². The summed E-state index contributed by atoms with van der Waals surface area (Å²) in [6, 6.07) is 10.5. The van der Waals surface area contributed by atoms with Gasteiger partial charge in [0.1, 0.15) is 17.3 Å². The first-order valence-electron chi connectivity index (χ1n) is 9.94. The zero-order chi connectivity index (χ0) is 20.9. The summed E-state index contributed by atoms with van der Waals surface area (Å²) in [5.41, 5.74) is 8.35. The second-order valence-electron chi connectivity index (χ2n) is 7.65. The first-order valence-corrected chi connectivity index (χ1v) is 9.94. The molecule has 3 heterocycles. The Morgan fingerprint density at radius 1 is 1.17 bits per heavy atom. The zero-order valence-corrected chi connectivity index (χ0v) is 16.5. The number of halogens is 1. The number of aromatic nitrogens is 5. The van der Waals surface area contributed by atoms with Gasteiger partial charge < -0.3 is 10.8 Å². The number of fused-ring (bicyclic) bond motifs is 1. The molecule has 1 aliphatic rings. The van der Waals surface area contributed by atoms with E-state index in [9.17, 15) is 9.50 Å². The van der Waals surface area contributed by atoms with E-state index in [0.29, 0.717) is 41.1 Å². The number of aryl methyl sites for hydroxylation is 1. The van der Waals surface area contributed by atoms with Gasteiger partial charge in [0.25, 0.3) is 0 Å². The molecule has 0 saturated heterocycles. The Labute approximate surface area is 172 Å². The van der Waals surface area contributed by atoms with Gasteiger partial charge in [-0.25, -0.2) is 24.0 Å². The molecule has 3 N–H and O–H groups in total. The van der Waals surface area contributed by atoms with Gasteiger partial charge in [-0.1, -0.05) is 25.1 Å². The minimum atomic E-state index is -0.910. The van der Waals surface area contributed by atoms with Crippen molar-refractivity contribution < 1.29 is 9.50 Å². The number of hydrogen-bond donors (Lipinski definition) is 2. The van der Waals surface area contributed by atoms with Crippen LogP contribution in [0.25, 0.3) is 22.6 Å². The topological polar surface area (TPSA) is 103 Å². The monoisotopic (exact) mass is 404 g/mol. The normalized spacial score (nSPS) is 14.9. The van der Waals surface area contributed by atoms with E-state index in [1.807, 2.05) is 19.1 Å². The van der Waals surface area contributed by atoms with Crippen LogP contribution in [0.3, 0.4) is 0 Å². The second-order valence-corrected chi connectivity index (χ2v) is 7.65. The van der Waals surface area contributed by atoms with Gasteiger partial charge in [-0.15, -0.1) is 0 Å². The Balaban J connectivity index is 1.64. The summed E-state index contributed by atoms with van der Waals surface area (Å²) in [5.74, 6) is 0.302. The van der Waals surface area contributed by atoms with E-state index < -0.39 is 5.60 Å². The molecule has 0 atom stereocenters. The molecule has 3 aromatic heterocycles. The Kier molecular flexibility index (Phi) is 4.25. The van der Waals surface area contributed by atoms with Crippen LogP contribution in [0.4, 0.5) is 10.2 Å². The fourth-order valence-corrected chi connectivity index (χ4v) is 3.61. The van der Waals surface area contributed by atoms with Gasteiger partial charge in [-0.2, -0.15) is 5.10 Å². The zero-order valence-electron chi connectivity index (χ0n) is 16.5. The Hall–Kier alpha value is -3.39. The van der Waals surface area contributed by atoms with E-state index in [-0.39, 0.29) is 18.2 Å². The molecule has 0 unspecified atom stereocenters. The lowest BCUT2D eigenvalue weighted by atomic mass is 10.1. The predicted octanol–water partition coefficient (Wildman–Crippen LogP) is 3.20. The summed E-state index contributed by atoms with van der Waals surface area (Å²) < 4.78 is 15.9. The highest BCUT2D eigenvalue weighted by Crippen LogP contribution is 2.47. The summed E-state index contributed by atoms with van der Waals surface area (Å²) in [5, 5.41) is 15.8. The van der Waals surface area contributed by atoms with Crippen molar-refractivity contribution >= 4 is 16.9 Å². The van der Waals surface area contributed by atoms with Crippen LogP contribution in [0.1, 0.15) is 36.6 Å². The largest absolute Gasteiger partial charge is 0.385 e. The van der Waals surface area contributed by atoms with Crippen LogP contribution >= 0.6 is 0 Å². The van der Waals surface area contributed by atoms with Crippen molar-refractivity contribution in [1.82, 2.24) is 24.7 Å². The van der Waals surface area contributed by atoms with Crippen LogP contribution in [0, 0.1) is 5.82 Å². The average molecular weight is 404 g/mol. The number of nitrogens with zero attached hydrogens (tertiary/aromatic N) is 5. The summed E-state index contributed by atoms with van der Waals surface area (Å²) in [6.07, 6.45) is 3.65. The number of nitrogens with two attached hydrogens (primary N) is 1. The quantitative estimate of drug-likeness (QED) is 0.530. The van der Waals surface area contributed by atoms with Gasteiger partial charge in [-0.3, -0.25) is 0 Å². The Bertz CT molecular complexity index is 1260. The summed E-state index contributed by atoms with van der Waals surface area (Å²) in [6.45, 7) is 2.26. The molecule has 7 nitrogen and oxygen atoms in total. The van der Waals surface area contributed by atoms with Gasteiger partial charge in [-0.05, 0) is 37.5 Å². The molecule has 1 aromatic carbocycles. The van der Waals surface area contributed by atoms with Gasteiger partial charge in [0, 0.05) is 23.0 Å². The lowest BCUT2D eigenvalue weighted by Gasteiger charge is -2.10. The van der Waals surface area contributed by atoms with Crippen LogP contribution < -0.4 is 5.73 Å². The third-order valence-corrected chi connectivity index (χ3v) is 5.55. The lowest BCUT2D eigenvalue weighted by molar-refractivity contribution is 0.151. The minimum Gasteiger partial charge on any atom is -0.385 e. The summed E-state index contributed by atoms with van der Waals surface area (Å²) in [7, 11) is 0.